The molecule has 1 saturated heterocycles. The third kappa shape index (κ3) is 5.18. The lowest BCUT2D eigenvalue weighted by atomic mass is 9.84. The minimum absolute atomic E-state index is 0.0869. The van der Waals surface area contributed by atoms with Crippen LogP contribution in [-0.2, 0) is 15.3 Å². The van der Waals surface area contributed by atoms with Gasteiger partial charge < -0.3 is 55.1 Å². The zero-order chi connectivity index (χ0) is 27.7. The number of halogens is 1. The molecule has 206 valence electrons. The number of aliphatic hydroxyl groups excluding tert-OH is 1. The molecule has 1 aliphatic rings. The van der Waals surface area contributed by atoms with Crippen LogP contribution in [0.3, 0.4) is 0 Å². The van der Waals surface area contributed by atoms with E-state index in [1.165, 1.54) is 31.4 Å². The van der Waals surface area contributed by atoms with E-state index in [0.29, 0.717) is 12.4 Å². The van der Waals surface area contributed by atoms with Crippen molar-refractivity contribution in [2.75, 3.05) is 41.5 Å². The van der Waals surface area contributed by atoms with Gasteiger partial charge in [0.1, 0.15) is 17.6 Å². The Morgan fingerprint density at radius 3 is 2.19 bits per heavy atom. The van der Waals surface area contributed by atoms with Crippen molar-refractivity contribution < 1.29 is 44.8 Å². The average Bonchev–Trinajstić information content (AvgIpc) is 2.86. The second-order valence-electron chi connectivity index (χ2n) is 9.02. The second-order valence-corrected chi connectivity index (χ2v) is 9.40. The van der Waals surface area contributed by atoms with Gasteiger partial charge in [-0.2, -0.15) is 0 Å². The number of aromatic hydroxyl groups is 3. The Kier molecular flexibility index (Phi) is 9.14. The number of aliphatic hydroxyl groups is 3. The Bertz CT molecular complexity index is 1080. The molecule has 3 rings (SSSR count). The number of nitrogens with one attached hydrogen (secondary N) is 1. The number of nitrogens with zero attached hydrogens (tertiary/aromatic N) is 1. The minimum atomic E-state index is -2.89. The highest BCUT2D eigenvalue weighted by molar-refractivity contribution is 6.33. The van der Waals surface area contributed by atoms with Crippen molar-refractivity contribution in [2.45, 2.75) is 43.1 Å². The monoisotopic (exact) mass is 542 g/mol. The highest BCUT2D eigenvalue weighted by Gasteiger charge is 2.50. The molecule has 2 aromatic carbocycles. The number of phenolic OH excluding ortho intramolecular Hbond substituents is 3. The number of hydrogen-bond acceptors (Lipinski definition) is 11. The smallest absolute Gasteiger partial charge is 0.222 e. The molecular formula is C25H35ClN2O9. The van der Waals surface area contributed by atoms with Crippen molar-refractivity contribution in [3.8, 4) is 23.0 Å². The SMILES string of the molecule is CCOc1ccc(C(O)(O)c2c(O)c(C3OC(CO)C(NC)C(OC)C3N(C)C)c(O)c(O)c2Cl)cc1. The molecule has 2 aromatic rings. The molecule has 0 bridgehead atoms. The number of hydrogen-bond donors (Lipinski definition) is 7. The Morgan fingerprint density at radius 2 is 1.70 bits per heavy atom. The Labute approximate surface area is 220 Å². The number of phenols is 3. The predicted octanol–water partition coefficient (Wildman–Crippen LogP) is 1.01. The lowest BCUT2D eigenvalue weighted by Gasteiger charge is -2.48. The van der Waals surface area contributed by atoms with Crippen LogP contribution in [0.5, 0.6) is 23.0 Å². The van der Waals surface area contributed by atoms with E-state index in [-0.39, 0.29) is 11.1 Å². The highest BCUT2D eigenvalue weighted by Crippen LogP contribution is 2.54. The fourth-order valence-corrected chi connectivity index (χ4v) is 5.24. The van der Waals surface area contributed by atoms with Gasteiger partial charge in [0.2, 0.25) is 5.79 Å². The molecule has 0 saturated carbocycles. The number of methoxy groups -OCH3 is 1. The van der Waals surface area contributed by atoms with Crippen LogP contribution in [0.1, 0.15) is 29.7 Å². The van der Waals surface area contributed by atoms with Gasteiger partial charge in [-0.05, 0) is 52.3 Å². The van der Waals surface area contributed by atoms with Gasteiger partial charge >= 0.3 is 0 Å². The number of likely N-dealkylation sites (N-methyl/N-ethyl adjacent to an activating group) is 2. The van der Waals surface area contributed by atoms with Crippen LogP contribution >= 0.6 is 11.6 Å². The number of ether oxygens (including phenoxy) is 3. The van der Waals surface area contributed by atoms with E-state index in [2.05, 4.69) is 5.32 Å². The zero-order valence-electron chi connectivity index (χ0n) is 21.3. The third-order valence-corrected chi connectivity index (χ3v) is 7.07. The van der Waals surface area contributed by atoms with Crippen molar-refractivity contribution in [2.24, 2.45) is 0 Å². The summed E-state index contributed by atoms with van der Waals surface area (Å²) in [7, 11) is 6.61. The summed E-state index contributed by atoms with van der Waals surface area (Å²) in [5, 5.41) is 67.8. The first-order valence-electron chi connectivity index (χ1n) is 11.7. The van der Waals surface area contributed by atoms with E-state index in [0.717, 1.165) is 0 Å². The topological polar surface area (TPSA) is 164 Å². The van der Waals surface area contributed by atoms with E-state index in [1.807, 2.05) is 0 Å². The summed E-state index contributed by atoms with van der Waals surface area (Å²) in [6.07, 6.45) is -2.65. The van der Waals surface area contributed by atoms with E-state index in [4.69, 9.17) is 25.8 Å². The van der Waals surface area contributed by atoms with Crippen molar-refractivity contribution in [3.05, 3.63) is 46.0 Å². The van der Waals surface area contributed by atoms with E-state index < -0.39 is 70.6 Å². The minimum Gasteiger partial charge on any atom is -0.507 e. The van der Waals surface area contributed by atoms with E-state index in [9.17, 15) is 30.6 Å². The Morgan fingerprint density at radius 1 is 1.08 bits per heavy atom. The number of benzene rings is 2. The van der Waals surface area contributed by atoms with Gasteiger partial charge in [0.15, 0.2) is 11.5 Å². The average molecular weight is 543 g/mol. The maximum absolute atomic E-state index is 11.4. The van der Waals surface area contributed by atoms with Crippen LogP contribution in [0.4, 0.5) is 0 Å². The summed E-state index contributed by atoms with van der Waals surface area (Å²) >= 11 is 6.25. The fourth-order valence-electron chi connectivity index (χ4n) is 4.93. The van der Waals surface area contributed by atoms with Gasteiger partial charge in [-0.1, -0.05) is 11.6 Å². The molecular weight excluding hydrogens is 508 g/mol. The summed E-state index contributed by atoms with van der Waals surface area (Å²) in [5.41, 5.74) is -1.09. The van der Waals surface area contributed by atoms with Gasteiger partial charge in [-0.3, -0.25) is 0 Å². The van der Waals surface area contributed by atoms with Gasteiger partial charge in [0.25, 0.3) is 0 Å². The summed E-state index contributed by atoms with van der Waals surface area (Å²) < 4.78 is 17.2. The molecule has 0 aromatic heterocycles. The first kappa shape index (κ1) is 29.2. The standard InChI is InChI=1S/C25H35ClN2O9/c1-6-36-13-9-7-12(8-10-13)25(33,34)16-17(26)22(32)21(31)15(20(16)30)23-19(28(3)4)24(35-5)18(27-2)14(11-29)37-23/h7-10,14,18-19,23-24,27,29-34H,6,11H2,1-5H3. The van der Waals surface area contributed by atoms with Crippen LogP contribution in [0, 0.1) is 0 Å². The summed E-state index contributed by atoms with van der Waals surface area (Å²) in [4.78, 5) is 1.73. The molecule has 7 N–H and O–H groups in total. The maximum Gasteiger partial charge on any atom is 0.222 e. The molecule has 37 heavy (non-hydrogen) atoms. The molecule has 11 nitrogen and oxygen atoms in total. The highest BCUT2D eigenvalue weighted by atomic mass is 35.5. The van der Waals surface area contributed by atoms with Crippen LogP contribution in [0.2, 0.25) is 5.02 Å². The fraction of sp³-hybridized carbons (Fsp3) is 0.520. The van der Waals surface area contributed by atoms with Crippen LogP contribution in [0.15, 0.2) is 24.3 Å². The predicted molar refractivity (Wildman–Crippen MR) is 135 cm³/mol. The molecule has 12 heteroatoms. The molecule has 1 aliphatic heterocycles. The molecule has 5 atom stereocenters. The molecule has 0 amide bonds. The van der Waals surface area contributed by atoms with Crippen molar-refractivity contribution in [1.29, 1.82) is 0 Å². The summed E-state index contributed by atoms with van der Waals surface area (Å²) in [6.45, 7) is 1.79. The molecule has 5 unspecified atom stereocenters. The molecule has 1 heterocycles. The van der Waals surface area contributed by atoms with E-state index >= 15 is 0 Å². The van der Waals surface area contributed by atoms with Gasteiger partial charge in [-0.15, -0.1) is 0 Å². The number of rotatable bonds is 9. The third-order valence-electron chi connectivity index (χ3n) is 6.70. The van der Waals surface area contributed by atoms with Crippen molar-refractivity contribution >= 4 is 11.6 Å². The molecule has 0 spiro atoms. The van der Waals surface area contributed by atoms with Gasteiger partial charge in [0, 0.05) is 12.7 Å². The lowest BCUT2D eigenvalue weighted by molar-refractivity contribution is -0.179. The Balaban J connectivity index is 2.23. The van der Waals surface area contributed by atoms with Gasteiger partial charge in [0.05, 0.1) is 53.7 Å². The zero-order valence-corrected chi connectivity index (χ0v) is 22.1. The van der Waals surface area contributed by atoms with Crippen LogP contribution in [0.25, 0.3) is 0 Å². The van der Waals surface area contributed by atoms with Crippen molar-refractivity contribution in [3.63, 3.8) is 0 Å². The largest absolute Gasteiger partial charge is 0.507 e. The van der Waals surface area contributed by atoms with Crippen molar-refractivity contribution in [1.82, 2.24) is 10.2 Å². The van der Waals surface area contributed by atoms with Gasteiger partial charge in [-0.25, -0.2) is 0 Å². The van der Waals surface area contributed by atoms with E-state index in [1.54, 1.807) is 33.0 Å². The molecule has 1 fully saturated rings. The first-order chi connectivity index (χ1) is 17.5. The first-order valence-corrected chi connectivity index (χ1v) is 12.1. The summed E-state index contributed by atoms with van der Waals surface area (Å²) in [5.74, 6) is -4.89. The van der Waals surface area contributed by atoms with Crippen LogP contribution < -0.4 is 10.1 Å². The maximum atomic E-state index is 11.4. The molecule has 0 aliphatic carbocycles. The molecule has 0 radical (unpaired) electrons. The quantitative estimate of drug-likeness (QED) is 0.137. The van der Waals surface area contributed by atoms with Crippen LogP contribution in [-0.4, -0.2) is 101 Å². The summed E-state index contributed by atoms with van der Waals surface area (Å²) in [6, 6.07) is 4.60. The Hall–Kier alpha value is -2.35. The second kappa shape index (κ2) is 11.6. The normalized spacial score (nSPS) is 24.4. The lowest BCUT2D eigenvalue weighted by Crippen LogP contribution is -2.64.